The lowest BCUT2D eigenvalue weighted by Crippen LogP contribution is -2.38. The van der Waals surface area contributed by atoms with Crippen molar-refractivity contribution in [2.24, 2.45) is 11.8 Å². The molecule has 0 aromatic heterocycles. The molecule has 0 aromatic rings. The van der Waals surface area contributed by atoms with Gasteiger partial charge in [0, 0.05) is 12.0 Å². The molecule has 2 saturated carbocycles. The fourth-order valence-corrected chi connectivity index (χ4v) is 3.37. The van der Waals surface area contributed by atoms with Crippen molar-refractivity contribution in [1.82, 2.24) is 5.32 Å². The van der Waals surface area contributed by atoms with Gasteiger partial charge in [-0.2, -0.15) is 0 Å². The average Bonchev–Trinajstić information content (AvgIpc) is 2.76. The molecule has 19 heavy (non-hydrogen) atoms. The maximum atomic E-state index is 12.2. The van der Waals surface area contributed by atoms with Gasteiger partial charge in [0.25, 0.3) is 0 Å². The molecule has 2 N–H and O–H groups in total. The van der Waals surface area contributed by atoms with Gasteiger partial charge in [-0.1, -0.05) is 32.1 Å². The van der Waals surface area contributed by atoms with E-state index in [0.29, 0.717) is 12.8 Å². The number of aliphatic carboxylic acids is 1. The lowest BCUT2D eigenvalue weighted by Gasteiger charge is -2.21. The summed E-state index contributed by atoms with van der Waals surface area (Å²) in [7, 11) is 0. The fourth-order valence-electron chi connectivity index (χ4n) is 3.37. The van der Waals surface area contributed by atoms with Crippen molar-refractivity contribution in [1.29, 1.82) is 0 Å². The highest BCUT2D eigenvalue weighted by Gasteiger charge is 2.31. The lowest BCUT2D eigenvalue weighted by molar-refractivity contribution is -0.141. The Morgan fingerprint density at radius 3 is 2.05 bits per heavy atom. The number of carbonyl (C=O) groups excluding carboxylic acids is 1. The van der Waals surface area contributed by atoms with Crippen LogP contribution in [-0.2, 0) is 9.59 Å². The van der Waals surface area contributed by atoms with Gasteiger partial charge in [-0.25, -0.2) is 0 Å². The minimum atomic E-state index is -0.720. The quantitative estimate of drug-likeness (QED) is 0.826. The molecular weight excluding hydrogens is 242 g/mol. The molecule has 0 unspecified atom stereocenters. The first kappa shape index (κ1) is 14.4. The summed E-state index contributed by atoms with van der Waals surface area (Å²) in [6.07, 6.45) is 10.2. The van der Waals surface area contributed by atoms with Crippen LogP contribution in [0.25, 0.3) is 0 Å². The first-order valence-corrected chi connectivity index (χ1v) is 7.70. The molecule has 4 nitrogen and oxygen atoms in total. The summed E-state index contributed by atoms with van der Waals surface area (Å²) in [4.78, 5) is 23.1. The molecule has 0 heterocycles. The van der Waals surface area contributed by atoms with Crippen LogP contribution >= 0.6 is 0 Å². The van der Waals surface area contributed by atoms with Crippen molar-refractivity contribution in [2.45, 2.75) is 70.3 Å². The normalized spacial score (nSPS) is 29.5. The van der Waals surface area contributed by atoms with E-state index in [-0.39, 0.29) is 23.8 Å². The highest BCUT2D eigenvalue weighted by Crippen LogP contribution is 2.27. The Labute approximate surface area is 115 Å². The van der Waals surface area contributed by atoms with E-state index in [9.17, 15) is 9.59 Å². The Balaban J connectivity index is 1.78. The molecule has 2 aliphatic carbocycles. The predicted octanol–water partition coefficient (Wildman–Crippen LogP) is 2.72. The van der Waals surface area contributed by atoms with Crippen molar-refractivity contribution in [3.63, 3.8) is 0 Å². The number of carboxylic acid groups (broad SMARTS) is 1. The summed E-state index contributed by atoms with van der Waals surface area (Å²) in [5.41, 5.74) is 0. The molecule has 108 valence electrons. The molecule has 2 aliphatic rings. The van der Waals surface area contributed by atoms with E-state index in [1.54, 1.807) is 0 Å². The van der Waals surface area contributed by atoms with Gasteiger partial charge in [0.15, 0.2) is 0 Å². The van der Waals surface area contributed by atoms with Gasteiger partial charge >= 0.3 is 5.97 Å². The zero-order chi connectivity index (χ0) is 13.7. The van der Waals surface area contributed by atoms with Gasteiger partial charge in [0.2, 0.25) is 5.91 Å². The summed E-state index contributed by atoms with van der Waals surface area (Å²) in [6.45, 7) is 0. The Hall–Kier alpha value is -1.06. The predicted molar refractivity (Wildman–Crippen MR) is 72.7 cm³/mol. The van der Waals surface area contributed by atoms with Crippen molar-refractivity contribution >= 4 is 11.9 Å². The second kappa shape index (κ2) is 6.92. The van der Waals surface area contributed by atoms with Gasteiger partial charge in [0.1, 0.15) is 0 Å². The Morgan fingerprint density at radius 1 is 0.842 bits per heavy atom. The van der Waals surface area contributed by atoms with E-state index in [1.165, 1.54) is 19.3 Å². The van der Waals surface area contributed by atoms with Crippen molar-refractivity contribution in [3.8, 4) is 0 Å². The molecule has 1 amide bonds. The Bertz CT molecular complexity index is 321. The van der Waals surface area contributed by atoms with E-state index in [1.807, 2.05) is 0 Å². The van der Waals surface area contributed by atoms with Gasteiger partial charge in [-0.05, 0) is 32.1 Å². The van der Waals surface area contributed by atoms with Crippen LogP contribution in [0.4, 0.5) is 0 Å². The molecule has 0 aliphatic heterocycles. The third-order valence-electron chi connectivity index (χ3n) is 4.60. The largest absolute Gasteiger partial charge is 0.481 e. The van der Waals surface area contributed by atoms with Crippen LogP contribution in [0.15, 0.2) is 0 Å². The Morgan fingerprint density at radius 2 is 1.47 bits per heavy atom. The summed E-state index contributed by atoms with van der Waals surface area (Å²) < 4.78 is 0. The third kappa shape index (κ3) is 4.22. The number of hydrogen-bond donors (Lipinski definition) is 2. The molecular formula is C15H25NO3. The van der Waals surface area contributed by atoms with Crippen molar-refractivity contribution < 1.29 is 14.7 Å². The summed E-state index contributed by atoms with van der Waals surface area (Å²) in [5, 5.41) is 12.0. The van der Waals surface area contributed by atoms with Crippen LogP contribution in [0.2, 0.25) is 0 Å². The van der Waals surface area contributed by atoms with Gasteiger partial charge < -0.3 is 10.4 Å². The number of rotatable bonds is 3. The fraction of sp³-hybridized carbons (Fsp3) is 0.867. The molecule has 4 heteroatoms. The maximum Gasteiger partial charge on any atom is 0.306 e. The maximum absolute atomic E-state index is 12.2. The number of carboxylic acids is 1. The standard InChI is InChI=1S/C15H25NO3/c17-14(11-6-4-2-1-3-5-7-11)16-13-9-8-12(10-13)15(18)19/h11-13H,1-10H2,(H,16,17)(H,18,19)/t12-,13+/m0/s1. The van der Waals surface area contributed by atoms with Gasteiger partial charge in [-0.15, -0.1) is 0 Å². The van der Waals surface area contributed by atoms with E-state index in [0.717, 1.165) is 32.1 Å². The summed E-state index contributed by atoms with van der Waals surface area (Å²) in [6, 6.07) is 0.0824. The number of carbonyl (C=O) groups is 2. The molecule has 2 rings (SSSR count). The summed E-state index contributed by atoms with van der Waals surface area (Å²) >= 11 is 0. The van der Waals surface area contributed by atoms with E-state index in [4.69, 9.17) is 5.11 Å². The third-order valence-corrected chi connectivity index (χ3v) is 4.60. The van der Waals surface area contributed by atoms with E-state index < -0.39 is 5.97 Å². The van der Waals surface area contributed by atoms with Crippen LogP contribution in [-0.4, -0.2) is 23.0 Å². The van der Waals surface area contributed by atoms with E-state index in [2.05, 4.69) is 5.32 Å². The van der Waals surface area contributed by atoms with E-state index >= 15 is 0 Å². The molecule has 0 aromatic carbocycles. The van der Waals surface area contributed by atoms with Crippen LogP contribution < -0.4 is 5.32 Å². The summed E-state index contributed by atoms with van der Waals surface area (Å²) in [5.74, 6) is -0.660. The number of amides is 1. The van der Waals surface area contributed by atoms with Crippen LogP contribution in [0, 0.1) is 11.8 Å². The average molecular weight is 267 g/mol. The first-order valence-electron chi connectivity index (χ1n) is 7.70. The zero-order valence-corrected chi connectivity index (χ0v) is 11.6. The zero-order valence-electron chi connectivity index (χ0n) is 11.6. The van der Waals surface area contributed by atoms with Crippen LogP contribution in [0.1, 0.15) is 64.2 Å². The molecule has 0 spiro atoms. The second-order valence-electron chi connectivity index (χ2n) is 6.10. The van der Waals surface area contributed by atoms with Crippen LogP contribution in [0.3, 0.4) is 0 Å². The first-order chi connectivity index (χ1) is 9.16. The lowest BCUT2D eigenvalue weighted by atomic mass is 9.90. The molecule has 2 fully saturated rings. The molecule has 0 saturated heterocycles. The smallest absolute Gasteiger partial charge is 0.306 e. The Kier molecular flexibility index (Phi) is 5.23. The molecule has 2 atom stereocenters. The number of nitrogens with one attached hydrogen (secondary N) is 1. The minimum absolute atomic E-state index is 0.0824. The SMILES string of the molecule is O=C(N[C@@H]1CC[C@H](C(=O)O)C1)C1CCCCCCC1. The van der Waals surface area contributed by atoms with Crippen molar-refractivity contribution in [3.05, 3.63) is 0 Å². The van der Waals surface area contributed by atoms with Gasteiger partial charge in [-0.3, -0.25) is 9.59 Å². The van der Waals surface area contributed by atoms with Crippen LogP contribution in [0.5, 0.6) is 0 Å². The monoisotopic (exact) mass is 267 g/mol. The van der Waals surface area contributed by atoms with Crippen molar-refractivity contribution in [2.75, 3.05) is 0 Å². The molecule has 0 radical (unpaired) electrons. The highest BCUT2D eigenvalue weighted by atomic mass is 16.4. The minimum Gasteiger partial charge on any atom is -0.481 e. The number of hydrogen-bond acceptors (Lipinski definition) is 2. The highest BCUT2D eigenvalue weighted by molar-refractivity contribution is 5.79. The molecule has 0 bridgehead atoms. The second-order valence-corrected chi connectivity index (χ2v) is 6.10. The van der Waals surface area contributed by atoms with Gasteiger partial charge in [0.05, 0.1) is 5.92 Å². The topological polar surface area (TPSA) is 66.4 Å².